The molecule has 0 saturated carbocycles. The zero-order chi connectivity index (χ0) is 15.0. The second-order valence-electron chi connectivity index (χ2n) is 4.22. The fraction of sp³-hybridized carbons (Fsp3) is 0.455. The van der Waals surface area contributed by atoms with Crippen molar-refractivity contribution in [3.05, 3.63) is 28.0 Å². The molecule has 0 aliphatic carbocycles. The molecule has 20 heavy (non-hydrogen) atoms. The number of hydrazone groups is 1. The molecule has 1 aromatic heterocycles. The summed E-state index contributed by atoms with van der Waals surface area (Å²) < 4.78 is 4.83. The van der Waals surface area contributed by atoms with Gasteiger partial charge in [-0.2, -0.15) is 5.10 Å². The number of nitrogens with one attached hydrogen (secondary N) is 2. The van der Waals surface area contributed by atoms with Crippen LogP contribution in [0.4, 0.5) is 10.7 Å². The van der Waals surface area contributed by atoms with E-state index in [-0.39, 0.29) is 11.6 Å². The summed E-state index contributed by atoms with van der Waals surface area (Å²) in [6.45, 7) is 1.41. The van der Waals surface area contributed by atoms with Gasteiger partial charge in [-0.25, -0.2) is 10.2 Å². The first-order chi connectivity index (χ1) is 9.49. The van der Waals surface area contributed by atoms with Gasteiger partial charge in [0, 0.05) is 6.54 Å². The summed E-state index contributed by atoms with van der Waals surface area (Å²) in [7, 11) is 3.90. The van der Waals surface area contributed by atoms with E-state index in [2.05, 4.69) is 15.8 Å². The molecule has 0 unspecified atom stereocenters. The number of carbonyl (C=O) groups is 1. The zero-order valence-corrected chi connectivity index (χ0v) is 11.3. The highest BCUT2D eigenvalue weighted by atomic mass is 16.6. The molecule has 2 N–H and O–H groups in total. The maximum absolute atomic E-state index is 11.3. The summed E-state index contributed by atoms with van der Waals surface area (Å²) in [6, 6.07) is 2.15. The van der Waals surface area contributed by atoms with Gasteiger partial charge in [-0.05, 0) is 33.1 Å². The van der Waals surface area contributed by atoms with E-state index in [9.17, 15) is 14.9 Å². The lowest BCUT2D eigenvalue weighted by molar-refractivity contribution is -0.402. The molecule has 110 valence electrons. The van der Waals surface area contributed by atoms with E-state index in [0.29, 0.717) is 6.54 Å². The van der Waals surface area contributed by atoms with Crippen LogP contribution in [0.5, 0.6) is 0 Å². The molecule has 0 saturated heterocycles. The Morgan fingerprint density at radius 2 is 2.30 bits per heavy atom. The van der Waals surface area contributed by atoms with E-state index in [1.54, 1.807) is 0 Å². The molecule has 0 bridgehead atoms. The Morgan fingerprint density at radius 1 is 1.55 bits per heavy atom. The predicted octanol–water partition coefficient (Wildman–Crippen LogP) is 0.773. The largest absolute Gasteiger partial charge is 0.433 e. The lowest BCUT2D eigenvalue weighted by Crippen LogP contribution is -2.34. The van der Waals surface area contributed by atoms with Gasteiger partial charge in [0.1, 0.15) is 4.92 Å². The fourth-order valence-electron chi connectivity index (χ4n) is 1.30. The van der Waals surface area contributed by atoms with Crippen LogP contribution in [-0.4, -0.2) is 49.3 Å². The van der Waals surface area contributed by atoms with E-state index in [1.807, 2.05) is 19.0 Å². The highest BCUT2D eigenvalue weighted by Gasteiger charge is 2.10. The number of amides is 2. The average Bonchev–Trinajstić information content (AvgIpc) is 2.83. The summed E-state index contributed by atoms with van der Waals surface area (Å²) in [4.78, 5) is 23.0. The van der Waals surface area contributed by atoms with Gasteiger partial charge in [-0.1, -0.05) is 0 Å². The SMILES string of the molecule is CN(C)CCCNC(=O)N/N=C/c1ccc([N+](=O)[O-])o1. The van der Waals surface area contributed by atoms with Crippen LogP contribution in [0, 0.1) is 10.1 Å². The summed E-state index contributed by atoms with van der Waals surface area (Å²) >= 11 is 0. The third-order valence-corrected chi connectivity index (χ3v) is 2.22. The number of carbonyl (C=O) groups excluding carboxylic acids is 1. The quantitative estimate of drug-likeness (QED) is 0.332. The van der Waals surface area contributed by atoms with Crippen molar-refractivity contribution in [1.82, 2.24) is 15.6 Å². The molecule has 0 aromatic carbocycles. The molecule has 0 atom stereocenters. The van der Waals surface area contributed by atoms with Crippen molar-refractivity contribution in [3.63, 3.8) is 0 Å². The number of hydrogen-bond donors (Lipinski definition) is 2. The molecule has 0 fully saturated rings. The monoisotopic (exact) mass is 283 g/mol. The molecule has 9 nitrogen and oxygen atoms in total. The maximum Gasteiger partial charge on any atom is 0.433 e. The number of hydrogen-bond acceptors (Lipinski definition) is 6. The first-order valence-corrected chi connectivity index (χ1v) is 5.95. The van der Waals surface area contributed by atoms with Gasteiger partial charge in [0.2, 0.25) is 0 Å². The number of rotatable bonds is 7. The van der Waals surface area contributed by atoms with Gasteiger partial charge in [-0.3, -0.25) is 10.1 Å². The van der Waals surface area contributed by atoms with Crippen LogP contribution in [0.3, 0.4) is 0 Å². The van der Waals surface area contributed by atoms with Crippen LogP contribution in [0.15, 0.2) is 21.7 Å². The normalized spacial score (nSPS) is 10.9. The predicted molar refractivity (Wildman–Crippen MR) is 72.7 cm³/mol. The molecule has 9 heteroatoms. The molecule has 0 aliphatic heterocycles. The number of nitro groups is 1. The highest BCUT2D eigenvalue weighted by molar-refractivity contribution is 5.79. The van der Waals surface area contributed by atoms with Crippen LogP contribution >= 0.6 is 0 Å². The minimum Gasteiger partial charge on any atom is -0.400 e. The molecule has 1 rings (SSSR count). The molecular formula is C11H17N5O4. The Kier molecular flexibility index (Phi) is 6.17. The lowest BCUT2D eigenvalue weighted by Gasteiger charge is -2.09. The molecule has 2 amide bonds. The zero-order valence-electron chi connectivity index (χ0n) is 11.3. The average molecular weight is 283 g/mol. The van der Waals surface area contributed by atoms with E-state index < -0.39 is 11.0 Å². The summed E-state index contributed by atoms with van der Waals surface area (Å²) in [5, 5.41) is 16.6. The van der Waals surface area contributed by atoms with Crippen LogP contribution in [0.1, 0.15) is 12.2 Å². The van der Waals surface area contributed by atoms with Crippen molar-refractivity contribution in [1.29, 1.82) is 0 Å². The maximum atomic E-state index is 11.3. The first kappa shape index (κ1) is 15.6. The Balaban J connectivity index is 2.25. The molecule has 0 aliphatic rings. The standard InChI is InChI=1S/C11H17N5O4/c1-15(2)7-3-6-12-11(17)14-13-8-9-4-5-10(20-9)16(18)19/h4-5,8H,3,6-7H2,1-2H3,(H2,12,14,17)/b13-8+. The molecule has 1 aromatic rings. The van der Waals surface area contributed by atoms with Crippen LogP contribution in [-0.2, 0) is 0 Å². The third-order valence-electron chi connectivity index (χ3n) is 2.22. The topological polar surface area (TPSA) is 113 Å². The van der Waals surface area contributed by atoms with Crippen LogP contribution in [0.25, 0.3) is 0 Å². The smallest absolute Gasteiger partial charge is 0.400 e. The summed E-state index contributed by atoms with van der Waals surface area (Å²) in [6.07, 6.45) is 2.01. The van der Waals surface area contributed by atoms with Gasteiger partial charge in [0.05, 0.1) is 12.3 Å². The number of furan rings is 1. The second kappa shape index (κ2) is 7.89. The van der Waals surface area contributed by atoms with Gasteiger partial charge in [0.15, 0.2) is 5.76 Å². The van der Waals surface area contributed by atoms with Gasteiger partial charge >= 0.3 is 11.9 Å². The molecular weight excluding hydrogens is 266 g/mol. The van der Waals surface area contributed by atoms with Gasteiger partial charge < -0.3 is 14.6 Å². The Bertz CT molecular complexity index is 483. The van der Waals surface area contributed by atoms with Gasteiger partial charge in [-0.15, -0.1) is 0 Å². The molecule has 0 radical (unpaired) electrons. The summed E-state index contributed by atoms with van der Waals surface area (Å²) in [5.74, 6) is -0.191. The van der Waals surface area contributed by atoms with E-state index in [4.69, 9.17) is 4.42 Å². The van der Waals surface area contributed by atoms with Crippen molar-refractivity contribution in [3.8, 4) is 0 Å². The minimum absolute atomic E-state index is 0.185. The fourth-order valence-corrected chi connectivity index (χ4v) is 1.30. The Labute approximate surface area is 115 Å². The number of nitrogens with zero attached hydrogens (tertiary/aromatic N) is 3. The molecule has 0 spiro atoms. The van der Waals surface area contributed by atoms with Crippen molar-refractivity contribution in [2.75, 3.05) is 27.2 Å². The van der Waals surface area contributed by atoms with Gasteiger partial charge in [0.25, 0.3) is 0 Å². The second-order valence-corrected chi connectivity index (χ2v) is 4.22. The third kappa shape index (κ3) is 5.96. The van der Waals surface area contributed by atoms with E-state index in [0.717, 1.165) is 13.0 Å². The number of urea groups is 1. The Hall–Kier alpha value is -2.42. The van der Waals surface area contributed by atoms with E-state index in [1.165, 1.54) is 18.3 Å². The van der Waals surface area contributed by atoms with Crippen LogP contribution < -0.4 is 10.7 Å². The van der Waals surface area contributed by atoms with Crippen molar-refractivity contribution in [2.24, 2.45) is 5.10 Å². The lowest BCUT2D eigenvalue weighted by atomic mass is 10.4. The van der Waals surface area contributed by atoms with Crippen molar-refractivity contribution >= 4 is 18.1 Å². The van der Waals surface area contributed by atoms with Crippen molar-refractivity contribution < 1.29 is 14.1 Å². The molecule has 1 heterocycles. The summed E-state index contributed by atoms with van der Waals surface area (Å²) in [5.41, 5.74) is 2.23. The van der Waals surface area contributed by atoms with Crippen LogP contribution in [0.2, 0.25) is 0 Å². The Morgan fingerprint density at radius 3 is 2.90 bits per heavy atom. The first-order valence-electron chi connectivity index (χ1n) is 5.95. The van der Waals surface area contributed by atoms with E-state index >= 15 is 0 Å². The minimum atomic E-state index is -0.651. The van der Waals surface area contributed by atoms with Crippen molar-refractivity contribution in [2.45, 2.75) is 6.42 Å². The highest BCUT2D eigenvalue weighted by Crippen LogP contribution is 2.13.